The van der Waals surface area contributed by atoms with Gasteiger partial charge in [0.25, 0.3) is 0 Å². The molecule has 4 aromatic rings. The zero-order valence-electron chi connectivity index (χ0n) is 17.6. The van der Waals surface area contributed by atoms with Gasteiger partial charge in [-0.25, -0.2) is 9.78 Å². The van der Waals surface area contributed by atoms with Gasteiger partial charge in [0.1, 0.15) is 10.5 Å². The van der Waals surface area contributed by atoms with Crippen molar-refractivity contribution in [3.8, 4) is 11.8 Å². The lowest BCUT2D eigenvalue weighted by Crippen LogP contribution is -2.36. The average molecular weight is 449 g/mol. The number of ether oxygens (including phenoxy) is 1. The lowest BCUT2D eigenvalue weighted by atomic mass is 10.0. The first kappa shape index (κ1) is 21.5. The second-order valence-electron chi connectivity index (χ2n) is 7.31. The van der Waals surface area contributed by atoms with Gasteiger partial charge in [-0.05, 0) is 50.2 Å². The highest BCUT2D eigenvalue weighted by Crippen LogP contribution is 2.39. The first-order valence-corrected chi connectivity index (χ1v) is 10.5. The number of para-hydroxylation sites is 2. The average Bonchev–Trinajstić information content (AvgIpc) is 3.30. The quantitative estimate of drug-likeness (QED) is 0.321. The number of aromatic nitrogens is 2. The number of hydrogen-bond acceptors (Lipinski definition) is 8. The fourth-order valence-electron chi connectivity index (χ4n) is 3.42. The number of nitrogens with zero attached hydrogens (tertiary/aromatic N) is 3. The molecule has 0 bridgehead atoms. The summed E-state index contributed by atoms with van der Waals surface area (Å²) in [4.78, 5) is 29.1. The van der Waals surface area contributed by atoms with E-state index < -0.39 is 16.5 Å². The molecule has 0 spiro atoms. The maximum atomic E-state index is 12.8. The van der Waals surface area contributed by atoms with Crippen LogP contribution in [0.5, 0.6) is 0 Å². The Bertz CT molecular complexity index is 1390. The number of fused-ring (bicyclic) bond motifs is 1. The molecule has 0 N–H and O–H groups in total. The minimum absolute atomic E-state index is 0.0679. The van der Waals surface area contributed by atoms with Gasteiger partial charge in [-0.2, -0.15) is 5.26 Å². The molecular formula is C23H19N3O5S. The molecule has 2 aromatic carbocycles. The highest BCUT2D eigenvalue weighted by molar-refractivity contribution is 8.01. The smallest absolute Gasteiger partial charge is 0.468 e. The van der Waals surface area contributed by atoms with Crippen LogP contribution in [0.2, 0.25) is 0 Å². The summed E-state index contributed by atoms with van der Waals surface area (Å²) in [5.74, 6) is -0.730. The van der Waals surface area contributed by atoms with E-state index in [9.17, 15) is 9.59 Å². The second kappa shape index (κ2) is 8.40. The van der Waals surface area contributed by atoms with Gasteiger partial charge in [0.2, 0.25) is 0 Å². The van der Waals surface area contributed by atoms with E-state index in [1.165, 1.54) is 18.9 Å². The molecule has 9 heteroatoms. The first-order valence-electron chi connectivity index (χ1n) is 9.69. The summed E-state index contributed by atoms with van der Waals surface area (Å²) in [6.45, 7) is 3.31. The maximum absolute atomic E-state index is 12.8. The SMILES string of the molecule is COC(=O)C(C)(Cc1oc(=O)oc1C)Sc1nc2ccccc2n1-c1ccc(C#N)cc1. The van der Waals surface area contributed by atoms with E-state index in [4.69, 9.17) is 23.8 Å². The van der Waals surface area contributed by atoms with Gasteiger partial charge in [-0.3, -0.25) is 9.36 Å². The number of esters is 1. The number of methoxy groups -OCH3 is 1. The number of carbonyl (C=O) groups excluding carboxylic acids is 1. The fraction of sp³-hybridized carbons (Fsp3) is 0.217. The Balaban J connectivity index is 1.83. The highest BCUT2D eigenvalue weighted by Gasteiger charge is 2.40. The van der Waals surface area contributed by atoms with Crippen LogP contribution < -0.4 is 5.82 Å². The number of aryl methyl sites for hydroxylation is 1. The molecule has 162 valence electrons. The number of rotatable bonds is 6. The van der Waals surface area contributed by atoms with E-state index in [1.807, 2.05) is 41.0 Å². The standard InChI is InChI=1S/C23H19N3O5S/c1-14-19(31-22(28)30-14)12-23(2,20(27)29-3)32-21-25-17-6-4-5-7-18(17)26(21)16-10-8-15(13-24)9-11-16/h4-11H,12H2,1-3H3. The first-order chi connectivity index (χ1) is 15.3. The van der Waals surface area contributed by atoms with Crippen molar-refractivity contribution in [3.63, 3.8) is 0 Å². The van der Waals surface area contributed by atoms with Crippen LogP contribution in [0.3, 0.4) is 0 Å². The van der Waals surface area contributed by atoms with Crippen molar-refractivity contribution in [2.45, 2.75) is 30.2 Å². The Labute approximate surface area is 187 Å². The molecule has 2 aromatic heterocycles. The summed E-state index contributed by atoms with van der Waals surface area (Å²) in [6.07, 6.45) is 0.0679. The highest BCUT2D eigenvalue weighted by atomic mass is 32.2. The number of imidazole rings is 1. The lowest BCUT2D eigenvalue weighted by molar-refractivity contribution is -0.143. The minimum atomic E-state index is -1.16. The molecule has 0 saturated heterocycles. The van der Waals surface area contributed by atoms with Crippen LogP contribution in [-0.4, -0.2) is 27.4 Å². The van der Waals surface area contributed by atoms with Crippen LogP contribution in [0, 0.1) is 18.3 Å². The van der Waals surface area contributed by atoms with Gasteiger partial charge in [-0.15, -0.1) is 0 Å². The van der Waals surface area contributed by atoms with E-state index in [1.54, 1.807) is 26.0 Å². The molecule has 1 unspecified atom stereocenters. The summed E-state index contributed by atoms with van der Waals surface area (Å²) in [6, 6.07) is 16.8. The van der Waals surface area contributed by atoms with Crippen LogP contribution in [0.4, 0.5) is 0 Å². The van der Waals surface area contributed by atoms with Crippen molar-refractivity contribution < 1.29 is 18.4 Å². The summed E-state index contributed by atoms with van der Waals surface area (Å²) < 4.78 is 15.9. The Kier molecular flexibility index (Phi) is 5.63. The molecular weight excluding hydrogens is 430 g/mol. The van der Waals surface area contributed by atoms with Gasteiger partial charge < -0.3 is 13.6 Å². The molecule has 0 radical (unpaired) electrons. The monoisotopic (exact) mass is 449 g/mol. The number of nitriles is 1. The third-order valence-corrected chi connectivity index (χ3v) is 6.27. The number of carbonyl (C=O) groups is 1. The third kappa shape index (κ3) is 3.92. The van der Waals surface area contributed by atoms with Crippen LogP contribution in [0.1, 0.15) is 24.0 Å². The molecule has 2 heterocycles. The largest absolute Gasteiger partial charge is 0.519 e. The normalized spacial score (nSPS) is 12.9. The van der Waals surface area contributed by atoms with Gasteiger partial charge in [0, 0.05) is 12.1 Å². The van der Waals surface area contributed by atoms with Crippen LogP contribution >= 0.6 is 11.8 Å². The number of hydrogen-bond donors (Lipinski definition) is 0. The van der Waals surface area contributed by atoms with Crippen molar-refractivity contribution >= 4 is 28.8 Å². The molecule has 0 amide bonds. The molecule has 1 atom stereocenters. The second-order valence-corrected chi connectivity index (χ2v) is 8.78. The zero-order chi connectivity index (χ0) is 22.9. The fourth-order valence-corrected chi connectivity index (χ4v) is 4.63. The van der Waals surface area contributed by atoms with Crippen LogP contribution in [0.25, 0.3) is 16.7 Å². The third-order valence-electron chi connectivity index (χ3n) is 5.05. The topological polar surface area (TPSA) is 111 Å². The van der Waals surface area contributed by atoms with E-state index in [2.05, 4.69) is 6.07 Å². The number of thioether (sulfide) groups is 1. The Morgan fingerprint density at radius 1 is 1.22 bits per heavy atom. The Morgan fingerprint density at radius 3 is 2.56 bits per heavy atom. The molecule has 32 heavy (non-hydrogen) atoms. The van der Waals surface area contributed by atoms with Crippen LogP contribution in [-0.2, 0) is 16.0 Å². The molecule has 8 nitrogen and oxygen atoms in total. The zero-order valence-corrected chi connectivity index (χ0v) is 18.4. The van der Waals surface area contributed by atoms with Crippen molar-refractivity contribution in [2.75, 3.05) is 7.11 Å². The molecule has 4 rings (SSSR count). The van der Waals surface area contributed by atoms with Crippen molar-refractivity contribution in [3.05, 3.63) is 76.2 Å². The summed E-state index contributed by atoms with van der Waals surface area (Å²) in [5, 5.41) is 9.68. The van der Waals surface area contributed by atoms with Gasteiger partial charge >= 0.3 is 11.8 Å². The summed E-state index contributed by atoms with van der Waals surface area (Å²) in [5.41, 5.74) is 2.92. The molecule has 0 saturated carbocycles. The minimum Gasteiger partial charge on any atom is -0.468 e. The van der Waals surface area contributed by atoms with Gasteiger partial charge in [0.15, 0.2) is 10.9 Å². The van der Waals surface area contributed by atoms with Crippen molar-refractivity contribution in [2.24, 2.45) is 0 Å². The van der Waals surface area contributed by atoms with Crippen molar-refractivity contribution in [1.82, 2.24) is 9.55 Å². The molecule has 0 aliphatic heterocycles. The summed E-state index contributed by atoms with van der Waals surface area (Å²) >= 11 is 1.20. The van der Waals surface area contributed by atoms with E-state index in [-0.39, 0.29) is 12.2 Å². The predicted octanol–water partition coefficient (Wildman–Crippen LogP) is 4.02. The molecule has 0 aliphatic rings. The van der Waals surface area contributed by atoms with Gasteiger partial charge in [-0.1, -0.05) is 23.9 Å². The van der Waals surface area contributed by atoms with Crippen LogP contribution in [0.15, 0.2) is 67.3 Å². The number of benzene rings is 2. The Hall–Kier alpha value is -3.77. The predicted molar refractivity (Wildman–Crippen MR) is 118 cm³/mol. The Morgan fingerprint density at radius 2 is 1.94 bits per heavy atom. The maximum Gasteiger partial charge on any atom is 0.519 e. The van der Waals surface area contributed by atoms with E-state index in [0.29, 0.717) is 16.5 Å². The van der Waals surface area contributed by atoms with Crippen molar-refractivity contribution in [1.29, 1.82) is 5.26 Å². The lowest BCUT2D eigenvalue weighted by Gasteiger charge is -2.25. The summed E-state index contributed by atoms with van der Waals surface area (Å²) in [7, 11) is 1.31. The molecule has 0 aliphatic carbocycles. The molecule has 0 fully saturated rings. The van der Waals surface area contributed by atoms with E-state index >= 15 is 0 Å². The van der Waals surface area contributed by atoms with E-state index in [0.717, 1.165) is 16.7 Å². The van der Waals surface area contributed by atoms with Gasteiger partial charge in [0.05, 0.1) is 29.8 Å².